The minimum atomic E-state index is -0.0671. The quantitative estimate of drug-likeness (QED) is 0.342. The van der Waals surface area contributed by atoms with Crippen LogP contribution in [0.4, 0.5) is 0 Å². The third-order valence-electron chi connectivity index (χ3n) is 3.61. The second-order valence-corrected chi connectivity index (χ2v) is 5.82. The van der Waals surface area contributed by atoms with Gasteiger partial charge in [0.25, 0.3) is 0 Å². The van der Waals surface area contributed by atoms with Gasteiger partial charge in [0.05, 0.1) is 0 Å². The van der Waals surface area contributed by atoms with Gasteiger partial charge in [0, 0.05) is 21.7 Å². The molecule has 1 nitrogen and oxygen atoms in total. The molecule has 0 saturated heterocycles. The summed E-state index contributed by atoms with van der Waals surface area (Å²) in [5, 5.41) is 0.623. The van der Waals surface area contributed by atoms with Gasteiger partial charge < -0.3 is 0 Å². The molecule has 25 heavy (non-hydrogen) atoms. The third kappa shape index (κ3) is 4.70. The number of rotatable bonds is 3. The van der Waals surface area contributed by atoms with Gasteiger partial charge in [-0.2, -0.15) is 0 Å². The molecule has 0 saturated carbocycles. The molecule has 0 radical (unpaired) electrons. The zero-order valence-corrected chi connectivity index (χ0v) is 14.2. The van der Waals surface area contributed by atoms with Gasteiger partial charge in [-0.05, 0) is 60.2 Å². The monoisotopic (exact) mass is 342 g/mol. The van der Waals surface area contributed by atoms with Gasteiger partial charge >= 0.3 is 0 Å². The maximum absolute atomic E-state index is 12.3. The maximum atomic E-state index is 12.3. The topological polar surface area (TPSA) is 17.1 Å². The van der Waals surface area contributed by atoms with Gasteiger partial charge in [0.15, 0.2) is 5.78 Å². The Bertz CT molecular complexity index is 958. The number of ketones is 1. The van der Waals surface area contributed by atoms with E-state index in [1.165, 1.54) is 6.08 Å². The van der Waals surface area contributed by atoms with E-state index in [4.69, 9.17) is 11.6 Å². The highest BCUT2D eigenvalue weighted by Gasteiger charge is 2.02. The predicted molar refractivity (Wildman–Crippen MR) is 104 cm³/mol. The zero-order valence-electron chi connectivity index (χ0n) is 13.4. The standard InChI is InChI=1S/C23H15ClO/c24-22-9-5-4-8-20(22)16-17-23(25)21-14-12-19(13-15-21)11-10-18-6-2-1-3-7-18/h1-9,12-17H. The molecule has 0 atom stereocenters. The molecule has 0 spiro atoms. The van der Waals surface area contributed by atoms with Crippen molar-refractivity contribution < 1.29 is 4.79 Å². The number of carbonyl (C=O) groups is 1. The summed E-state index contributed by atoms with van der Waals surface area (Å²) >= 11 is 6.08. The predicted octanol–water partition coefficient (Wildman–Crippen LogP) is 5.64. The Hall–Kier alpha value is -3.08. The first kappa shape index (κ1) is 16.8. The Morgan fingerprint density at radius 2 is 1.36 bits per heavy atom. The molecule has 0 aliphatic heterocycles. The van der Waals surface area contributed by atoms with Crippen LogP contribution in [-0.2, 0) is 0 Å². The molecular formula is C23H15ClO. The number of hydrogen-bond donors (Lipinski definition) is 0. The van der Waals surface area contributed by atoms with E-state index in [1.807, 2.05) is 60.7 Å². The molecule has 3 aromatic carbocycles. The number of carbonyl (C=O) groups excluding carboxylic acids is 1. The molecule has 0 heterocycles. The van der Waals surface area contributed by atoms with Crippen LogP contribution in [0.2, 0.25) is 5.02 Å². The third-order valence-corrected chi connectivity index (χ3v) is 3.96. The number of allylic oxidation sites excluding steroid dienone is 1. The first-order valence-electron chi connectivity index (χ1n) is 7.86. The van der Waals surface area contributed by atoms with Crippen molar-refractivity contribution in [2.75, 3.05) is 0 Å². The Morgan fingerprint density at radius 3 is 2.04 bits per heavy atom. The lowest BCUT2D eigenvalue weighted by Gasteiger charge is -1.98. The fourth-order valence-electron chi connectivity index (χ4n) is 2.26. The van der Waals surface area contributed by atoms with Crippen molar-refractivity contribution in [2.24, 2.45) is 0 Å². The lowest BCUT2D eigenvalue weighted by atomic mass is 10.1. The number of benzene rings is 3. The summed E-state index contributed by atoms with van der Waals surface area (Å²) in [4.78, 5) is 12.3. The lowest BCUT2D eigenvalue weighted by molar-refractivity contribution is 0.104. The highest BCUT2D eigenvalue weighted by Crippen LogP contribution is 2.16. The Labute approximate surface area is 152 Å². The largest absolute Gasteiger partial charge is 0.289 e. The SMILES string of the molecule is O=C(C=Cc1ccccc1Cl)c1ccc(C#Cc2ccccc2)cc1. The van der Waals surface area contributed by atoms with Crippen molar-refractivity contribution in [1.82, 2.24) is 0 Å². The highest BCUT2D eigenvalue weighted by molar-refractivity contribution is 6.32. The van der Waals surface area contributed by atoms with E-state index in [9.17, 15) is 4.79 Å². The van der Waals surface area contributed by atoms with Crippen LogP contribution in [-0.4, -0.2) is 5.78 Å². The summed E-state index contributed by atoms with van der Waals surface area (Å²) in [7, 11) is 0. The van der Waals surface area contributed by atoms with Gasteiger partial charge in [-0.1, -0.05) is 59.8 Å². The van der Waals surface area contributed by atoms with E-state index in [1.54, 1.807) is 24.3 Å². The average Bonchev–Trinajstić information content (AvgIpc) is 2.67. The van der Waals surface area contributed by atoms with Crippen LogP contribution in [0.1, 0.15) is 27.0 Å². The van der Waals surface area contributed by atoms with Gasteiger partial charge in [0.2, 0.25) is 0 Å². The van der Waals surface area contributed by atoms with Crippen molar-refractivity contribution in [3.05, 3.63) is 112 Å². The van der Waals surface area contributed by atoms with E-state index in [0.717, 1.165) is 16.7 Å². The smallest absolute Gasteiger partial charge is 0.185 e. The van der Waals surface area contributed by atoms with E-state index < -0.39 is 0 Å². The molecule has 0 aliphatic carbocycles. The summed E-state index contributed by atoms with van der Waals surface area (Å²) in [6, 6.07) is 24.5. The molecule has 0 bridgehead atoms. The zero-order chi connectivity index (χ0) is 17.5. The van der Waals surface area contributed by atoms with Gasteiger partial charge in [-0.25, -0.2) is 0 Å². The molecular weight excluding hydrogens is 328 g/mol. The highest BCUT2D eigenvalue weighted by atomic mass is 35.5. The van der Waals surface area contributed by atoms with Crippen LogP contribution in [0.15, 0.2) is 84.9 Å². The average molecular weight is 343 g/mol. The van der Waals surface area contributed by atoms with Crippen LogP contribution < -0.4 is 0 Å². The van der Waals surface area contributed by atoms with Gasteiger partial charge in [-0.15, -0.1) is 0 Å². The fraction of sp³-hybridized carbons (Fsp3) is 0. The molecule has 0 aliphatic rings. The minimum Gasteiger partial charge on any atom is -0.289 e. The van der Waals surface area contributed by atoms with Crippen molar-refractivity contribution in [1.29, 1.82) is 0 Å². The van der Waals surface area contributed by atoms with Crippen LogP contribution in [0.25, 0.3) is 6.08 Å². The Kier molecular flexibility index (Phi) is 5.46. The molecule has 3 aromatic rings. The van der Waals surface area contributed by atoms with E-state index in [0.29, 0.717) is 10.6 Å². The van der Waals surface area contributed by atoms with Gasteiger partial charge in [-0.3, -0.25) is 4.79 Å². The Morgan fingerprint density at radius 1 is 0.760 bits per heavy atom. The summed E-state index contributed by atoms with van der Waals surface area (Å²) in [5.41, 5.74) is 3.28. The number of halogens is 1. The van der Waals surface area contributed by atoms with Gasteiger partial charge in [0.1, 0.15) is 0 Å². The number of hydrogen-bond acceptors (Lipinski definition) is 1. The molecule has 0 N–H and O–H groups in total. The molecule has 120 valence electrons. The summed E-state index contributed by atoms with van der Waals surface area (Å²) < 4.78 is 0. The van der Waals surface area contributed by atoms with E-state index in [2.05, 4.69) is 11.8 Å². The summed E-state index contributed by atoms with van der Waals surface area (Å²) in [6.07, 6.45) is 3.26. The molecule has 0 aromatic heterocycles. The maximum Gasteiger partial charge on any atom is 0.185 e. The van der Waals surface area contributed by atoms with Crippen LogP contribution >= 0.6 is 11.6 Å². The van der Waals surface area contributed by atoms with Crippen molar-refractivity contribution in [3.8, 4) is 11.8 Å². The molecule has 0 unspecified atom stereocenters. The molecule has 3 rings (SSSR count). The van der Waals surface area contributed by atoms with Crippen molar-refractivity contribution >= 4 is 23.5 Å². The summed E-state index contributed by atoms with van der Waals surface area (Å²) in [6.45, 7) is 0. The minimum absolute atomic E-state index is 0.0671. The molecule has 2 heteroatoms. The molecule has 0 amide bonds. The Balaban J connectivity index is 1.71. The van der Waals surface area contributed by atoms with Crippen molar-refractivity contribution in [3.63, 3.8) is 0 Å². The normalized spacial score (nSPS) is 10.3. The van der Waals surface area contributed by atoms with Crippen LogP contribution in [0.3, 0.4) is 0 Å². The van der Waals surface area contributed by atoms with E-state index in [-0.39, 0.29) is 5.78 Å². The van der Waals surface area contributed by atoms with Crippen molar-refractivity contribution in [2.45, 2.75) is 0 Å². The van der Waals surface area contributed by atoms with Crippen LogP contribution in [0.5, 0.6) is 0 Å². The first-order chi connectivity index (χ1) is 12.2. The lowest BCUT2D eigenvalue weighted by Crippen LogP contribution is -1.93. The summed E-state index contributed by atoms with van der Waals surface area (Å²) in [5.74, 6) is 6.13. The second-order valence-electron chi connectivity index (χ2n) is 5.41. The second kappa shape index (κ2) is 8.15. The van der Waals surface area contributed by atoms with Crippen LogP contribution in [0, 0.1) is 11.8 Å². The first-order valence-corrected chi connectivity index (χ1v) is 8.24. The molecule has 0 fully saturated rings. The fourth-order valence-corrected chi connectivity index (χ4v) is 2.45. The van der Waals surface area contributed by atoms with E-state index >= 15 is 0 Å².